The number of hydrogen-bond acceptors (Lipinski definition) is 5. The Hall–Kier alpha value is -2.23. The first-order chi connectivity index (χ1) is 12.1. The van der Waals surface area contributed by atoms with Crippen LogP contribution in [-0.2, 0) is 11.0 Å². The first-order valence-corrected chi connectivity index (χ1v) is 8.79. The van der Waals surface area contributed by atoms with Crippen molar-refractivity contribution >= 4 is 29.0 Å². The van der Waals surface area contributed by atoms with E-state index >= 15 is 0 Å². The number of rotatable bonds is 6. The predicted molar refractivity (Wildman–Crippen MR) is 95.5 cm³/mol. The predicted octanol–water partition coefficient (Wildman–Crippen LogP) is 3.67. The SMILES string of the molecule is CC(C)n1cnnc1SCC(=O)Nc1cc(C(F)(F)F)ccc1N(C)C. The van der Waals surface area contributed by atoms with E-state index in [1.54, 1.807) is 25.3 Å². The van der Waals surface area contributed by atoms with Crippen LogP contribution in [0, 0.1) is 0 Å². The number of hydrogen-bond donors (Lipinski definition) is 1. The molecule has 0 unspecified atom stereocenters. The molecule has 1 amide bonds. The van der Waals surface area contributed by atoms with Gasteiger partial charge in [0.25, 0.3) is 0 Å². The lowest BCUT2D eigenvalue weighted by Crippen LogP contribution is -2.19. The molecule has 0 aliphatic rings. The minimum Gasteiger partial charge on any atom is -0.376 e. The van der Waals surface area contributed by atoms with Gasteiger partial charge in [0, 0.05) is 20.1 Å². The van der Waals surface area contributed by atoms with E-state index in [-0.39, 0.29) is 17.5 Å². The van der Waals surface area contributed by atoms with E-state index in [1.807, 2.05) is 18.4 Å². The van der Waals surface area contributed by atoms with Crippen molar-refractivity contribution in [1.82, 2.24) is 14.8 Å². The average Bonchev–Trinajstić information content (AvgIpc) is 3.00. The number of halogens is 3. The van der Waals surface area contributed by atoms with E-state index in [2.05, 4.69) is 15.5 Å². The molecule has 0 spiro atoms. The average molecular weight is 387 g/mol. The Kier molecular flexibility index (Phi) is 6.17. The van der Waals surface area contributed by atoms with E-state index in [0.29, 0.717) is 10.8 Å². The lowest BCUT2D eigenvalue weighted by Gasteiger charge is -2.19. The second-order valence-electron chi connectivity index (χ2n) is 6.08. The first-order valence-electron chi connectivity index (χ1n) is 7.80. The Labute approximate surface area is 153 Å². The van der Waals surface area contributed by atoms with Crippen LogP contribution < -0.4 is 10.2 Å². The molecule has 0 aliphatic heterocycles. The van der Waals surface area contributed by atoms with Crippen molar-refractivity contribution in [1.29, 1.82) is 0 Å². The summed E-state index contributed by atoms with van der Waals surface area (Å²) in [5, 5.41) is 10.9. The van der Waals surface area contributed by atoms with Gasteiger partial charge >= 0.3 is 6.18 Å². The highest BCUT2D eigenvalue weighted by atomic mass is 32.2. The molecule has 10 heteroatoms. The van der Waals surface area contributed by atoms with Gasteiger partial charge in [-0.25, -0.2) is 0 Å². The van der Waals surface area contributed by atoms with Crippen LogP contribution in [0.2, 0.25) is 0 Å². The fraction of sp³-hybridized carbons (Fsp3) is 0.438. The molecule has 6 nitrogen and oxygen atoms in total. The van der Waals surface area contributed by atoms with Gasteiger partial charge in [0.1, 0.15) is 6.33 Å². The van der Waals surface area contributed by atoms with Gasteiger partial charge in [-0.1, -0.05) is 11.8 Å². The second-order valence-corrected chi connectivity index (χ2v) is 7.02. The molecule has 1 N–H and O–H groups in total. The van der Waals surface area contributed by atoms with Crippen molar-refractivity contribution in [3.63, 3.8) is 0 Å². The number of benzene rings is 1. The summed E-state index contributed by atoms with van der Waals surface area (Å²) in [4.78, 5) is 13.9. The number of carbonyl (C=O) groups is 1. The molecule has 0 fully saturated rings. The van der Waals surface area contributed by atoms with Gasteiger partial charge in [-0.2, -0.15) is 13.2 Å². The van der Waals surface area contributed by atoms with Crippen LogP contribution in [0.3, 0.4) is 0 Å². The zero-order valence-corrected chi connectivity index (χ0v) is 15.6. The lowest BCUT2D eigenvalue weighted by atomic mass is 10.1. The van der Waals surface area contributed by atoms with Crippen LogP contribution in [0.1, 0.15) is 25.5 Å². The molecule has 0 atom stereocenters. The minimum atomic E-state index is -4.48. The van der Waals surface area contributed by atoms with E-state index in [0.717, 1.165) is 12.1 Å². The van der Waals surface area contributed by atoms with E-state index in [1.165, 1.54) is 17.8 Å². The summed E-state index contributed by atoms with van der Waals surface area (Å²) >= 11 is 1.17. The molecule has 2 aromatic rings. The second kappa shape index (κ2) is 7.98. The molecule has 1 heterocycles. The number of thioether (sulfide) groups is 1. The van der Waals surface area contributed by atoms with Crippen LogP contribution in [-0.4, -0.2) is 40.5 Å². The summed E-state index contributed by atoms with van der Waals surface area (Å²) in [5.41, 5.74) is -0.215. The number of carbonyl (C=O) groups excluding carboxylic acids is 1. The number of alkyl halides is 3. The molecule has 26 heavy (non-hydrogen) atoms. The molecular formula is C16H20F3N5OS. The van der Waals surface area contributed by atoms with Crippen LogP contribution in [0.4, 0.5) is 24.5 Å². The highest BCUT2D eigenvalue weighted by Gasteiger charge is 2.31. The summed E-state index contributed by atoms with van der Waals surface area (Å²) < 4.78 is 40.6. The maximum atomic E-state index is 12.9. The van der Waals surface area contributed by atoms with Crippen molar-refractivity contribution in [2.75, 3.05) is 30.1 Å². The number of anilines is 2. The number of nitrogens with one attached hydrogen (secondary N) is 1. The van der Waals surface area contributed by atoms with E-state index in [9.17, 15) is 18.0 Å². The van der Waals surface area contributed by atoms with Crippen molar-refractivity contribution in [2.45, 2.75) is 31.2 Å². The van der Waals surface area contributed by atoms with Gasteiger partial charge < -0.3 is 14.8 Å². The fourth-order valence-corrected chi connectivity index (χ4v) is 3.05. The molecule has 0 radical (unpaired) electrons. The molecule has 2 rings (SSSR count). The van der Waals surface area contributed by atoms with Crippen LogP contribution in [0.25, 0.3) is 0 Å². The molecule has 142 valence electrons. The molecule has 0 aliphatic carbocycles. The van der Waals surface area contributed by atoms with Gasteiger partial charge in [0.05, 0.1) is 22.7 Å². The third-order valence-corrected chi connectivity index (χ3v) is 4.47. The molecular weight excluding hydrogens is 367 g/mol. The fourth-order valence-electron chi connectivity index (χ4n) is 2.21. The molecule has 1 aromatic carbocycles. The number of nitrogens with zero attached hydrogens (tertiary/aromatic N) is 4. The molecule has 0 saturated heterocycles. The Morgan fingerprint density at radius 1 is 1.35 bits per heavy atom. The largest absolute Gasteiger partial charge is 0.416 e. The minimum absolute atomic E-state index is 0.00846. The van der Waals surface area contributed by atoms with Crippen molar-refractivity contribution in [2.24, 2.45) is 0 Å². The lowest BCUT2D eigenvalue weighted by molar-refractivity contribution is -0.137. The summed E-state index contributed by atoms with van der Waals surface area (Å²) in [5.74, 6) is -0.412. The van der Waals surface area contributed by atoms with Crippen LogP contribution >= 0.6 is 11.8 Å². The maximum absolute atomic E-state index is 12.9. The maximum Gasteiger partial charge on any atom is 0.416 e. The van der Waals surface area contributed by atoms with Crippen molar-refractivity contribution in [3.05, 3.63) is 30.1 Å². The standard InChI is InChI=1S/C16H20F3N5OS/c1-10(2)24-9-20-22-15(24)26-8-14(25)21-12-7-11(16(17,18)19)5-6-13(12)23(3)4/h5-7,9-10H,8H2,1-4H3,(H,21,25). The van der Waals surface area contributed by atoms with Gasteiger partial charge in [0.15, 0.2) is 5.16 Å². The van der Waals surface area contributed by atoms with E-state index < -0.39 is 17.6 Å². The van der Waals surface area contributed by atoms with Crippen LogP contribution in [0.5, 0.6) is 0 Å². The summed E-state index contributed by atoms with van der Waals surface area (Å²) in [6, 6.07) is 3.40. The summed E-state index contributed by atoms with van der Waals surface area (Å²) in [7, 11) is 3.39. The topological polar surface area (TPSA) is 63.1 Å². The third-order valence-electron chi connectivity index (χ3n) is 3.51. The summed E-state index contributed by atoms with van der Waals surface area (Å²) in [6.07, 6.45) is -2.91. The normalized spacial score (nSPS) is 11.7. The van der Waals surface area contributed by atoms with E-state index in [4.69, 9.17) is 0 Å². The third kappa shape index (κ3) is 4.90. The Morgan fingerprint density at radius 3 is 2.62 bits per heavy atom. The number of aromatic nitrogens is 3. The zero-order valence-electron chi connectivity index (χ0n) is 14.8. The monoisotopic (exact) mass is 387 g/mol. The highest BCUT2D eigenvalue weighted by Crippen LogP contribution is 2.35. The molecule has 0 bridgehead atoms. The summed E-state index contributed by atoms with van der Waals surface area (Å²) in [6.45, 7) is 3.92. The zero-order chi connectivity index (χ0) is 19.5. The van der Waals surface area contributed by atoms with Gasteiger partial charge in [-0.05, 0) is 32.0 Å². The Balaban J connectivity index is 2.13. The molecule has 1 aromatic heterocycles. The molecule has 0 saturated carbocycles. The van der Waals surface area contributed by atoms with Crippen molar-refractivity contribution < 1.29 is 18.0 Å². The Bertz CT molecular complexity index is 773. The van der Waals surface area contributed by atoms with Crippen molar-refractivity contribution in [3.8, 4) is 0 Å². The Morgan fingerprint density at radius 2 is 2.04 bits per heavy atom. The highest BCUT2D eigenvalue weighted by molar-refractivity contribution is 7.99. The first kappa shape index (κ1) is 20.1. The van der Waals surface area contributed by atoms with Crippen LogP contribution in [0.15, 0.2) is 29.7 Å². The van der Waals surface area contributed by atoms with Gasteiger partial charge in [0.2, 0.25) is 5.91 Å². The smallest absolute Gasteiger partial charge is 0.376 e. The van der Waals surface area contributed by atoms with Gasteiger partial charge in [-0.3, -0.25) is 4.79 Å². The number of amides is 1. The van der Waals surface area contributed by atoms with Gasteiger partial charge in [-0.15, -0.1) is 10.2 Å². The quantitative estimate of drug-likeness (QED) is 0.767.